The lowest BCUT2D eigenvalue weighted by atomic mass is 10.2. The number of anilines is 1. The van der Waals surface area contributed by atoms with Crippen molar-refractivity contribution in [1.82, 2.24) is 5.32 Å². The molecule has 31 heavy (non-hydrogen) atoms. The molecule has 3 rings (SSSR count). The molecule has 0 bridgehead atoms. The Hall–Kier alpha value is -3.32. The summed E-state index contributed by atoms with van der Waals surface area (Å²) < 4.78 is 32.5. The molecule has 3 aromatic carbocycles. The number of sulfonamides is 1. The number of carbonyl (C=O) groups is 1. The second-order valence-electron chi connectivity index (χ2n) is 7.20. The first kappa shape index (κ1) is 22.4. The van der Waals surface area contributed by atoms with Crippen LogP contribution in [0.25, 0.3) is 0 Å². The average Bonchev–Trinajstić information content (AvgIpc) is 2.77. The third-order valence-electron chi connectivity index (χ3n) is 4.91. The van der Waals surface area contributed by atoms with Crippen molar-refractivity contribution in [2.45, 2.75) is 18.7 Å². The molecule has 0 aliphatic carbocycles. The summed E-state index contributed by atoms with van der Waals surface area (Å²) in [6.07, 6.45) is 0. The van der Waals surface area contributed by atoms with E-state index in [9.17, 15) is 13.2 Å². The Kier molecular flexibility index (Phi) is 6.97. The Morgan fingerprint density at radius 1 is 0.935 bits per heavy atom. The quantitative estimate of drug-likeness (QED) is 0.541. The van der Waals surface area contributed by atoms with Crippen LogP contribution in [-0.2, 0) is 10.0 Å². The summed E-state index contributed by atoms with van der Waals surface area (Å²) in [4.78, 5) is 12.6. The lowest BCUT2D eigenvalue weighted by Crippen LogP contribution is -2.28. The number of ether oxygens (including phenoxy) is 1. The van der Waals surface area contributed by atoms with E-state index < -0.39 is 10.0 Å². The smallest absolute Gasteiger partial charge is 0.264 e. The minimum atomic E-state index is -3.67. The third-order valence-corrected chi connectivity index (χ3v) is 6.71. The van der Waals surface area contributed by atoms with Crippen molar-refractivity contribution in [3.05, 3.63) is 89.5 Å². The predicted octanol–water partition coefficient (Wildman–Crippen LogP) is 3.94. The normalized spacial score (nSPS) is 11.1. The second-order valence-corrected chi connectivity index (χ2v) is 9.17. The number of carbonyl (C=O) groups excluding carboxylic acids is 1. The number of benzene rings is 3. The largest absolute Gasteiger partial charge is 0.491 e. The zero-order valence-electron chi connectivity index (χ0n) is 17.8. The fourth-order valence-electron chi connectivity index (χ4n) is 2.98. The highest BCUT2D eigenvalue weighted by Crippen LogP contribution is 2.22. The van der Waals surface area contributed by atoms with Gasteiger partial charge in [0.1, 0.15) is 12.4 Å². The van der Waals surface area contributed by atoms with Gasteiger partial charge in [-0.1, -0.05) is 35.9 Å². The first-order valence-electron chi connectivity index (χ1n) is 9.91. The van der Waals surface area contributed by atoms with Crippen molar-refractivity contribution < 1.29 is 17.9 Å². The summed E-state index contributed by atoms with van der Waals surface area (Å²) in [7, 11) is -2.18. The predicted molar refractivity (Wildman–Crippen MR) is 122 cm³/mol. The molecule has 1 amide bonds. The molecule has 0 spiro atoms. The maximum Gasteiger partial charge on any atom is 0.264 e. The van der Waals surface area contributed by atoms with Crippen LogP contribution < -0.4 is 14.4 Å². The molecule has 0 aliphatic rings. The van der Waals surface area contributed by atoms with Gasteiger partial charge in [-0.15, -0.1) is 0 Å². The first-order valence-corrected chi connectivity index (χ1v) is 11.4. The summed E-state index contributed by atoms with van der Waals surface area (Å²) >= 11 is 0. The zero-order chi connectivity index (χ0) is 22.4. The third kappa shape index (κ3) is 5.44. The number of hydrogen-bond acceptors (Lipinski definition) is 4. The van der Waals surface area contributed by atoms with Gasteiger partial charge in [0.25, 0.3) is 15.9 Å². The summed E-state index contributed by atoms with van der Waals surface area (Å²) in [5.74, 6) is 0.544. The van der Waals surface area contributed by atoms with Gasteiger partial charge in [-0.2, -0.15) is 0 Å². The van der Waals surface area contributed by atoms with Gasteiger partial charge in [0.15, 0.2) is 0 Å². The summed E-state index contributed by atoms with van der Waals surface area (Å²) in [5.41, 5.74) is 2.94. The van der Waals surface area contributed by atoms with Crippen LogP contribution in [0.5, 0.6) is 5.75 Å². The van der Waals surface area contributed by atoms with E-state index in [4.69, 9.17) is 4.74 Å². The van der Waals surface area contributed by atoms with Crippen LogP contribution in [0.2, 0.25) is 0 Å². The number of nitrogens with zero attached hydrogens (tertiary/aromatic N) is 1. The highest BCUT2D eigenvalue weighted by atomic mass is 32.2. The number of aryl methyl sites for hydroxylation is 2. The number of nitrogens with one attached hydrogen (secondary N) is 1. The van der Waals surface area contributed by atoms with Crippen LogP contribution >= 0.6 is 0 Å². The lowest BCUT2D eigenvalue weighted by molar-refractivity contribution is 0.0947. The van der Waals surface area contributed by atoms with Gasteiger partial charge in [-0.25, -0.2) is 8.42 Å². The summed E-state index contributed by atoms with van der Waals surface area (Å²) in [6, 6.07) is 20.8. The van der Waals surface area contributed by atoms with Gasteiger partial charge in [-0.3, -0.25) is 9.10 Å². The van der Waals surface area contributed by atoms with Crippen molar-refractivity contribution in [2.75, 3.05) is 24.5 Å². The van der Waals surface area contributed by atoms with Crippen LogP contribution in [0.1, 0.15) is 21.5 Å². The van der Waals surface area contributed by atoms with E-state index in [0.29, 0.717) is 24.4 Å². The van der Waals surface area contributed by atoms with Crippen molar-refractivity contribution >= 4 is 21.6 Å². The fourth-order valence-corrected chi connectivity index (χ4v) is 4.17. The molecule has 0 saturated carbocycles. The molecule has 7 heteroatoms. The van der Waals surface area contributed by atoms with Gasteiger partial charge in [-0.05, 0) is 61.9 Å². The molecule has 3 aromatic rings. The fraction of sp³-hybridized carbons (Fsp3) is 0.208. The molecule has 0 radical (unpaired) electrons. The molecule has 0 saturated heterocycles. The van der Waals surface area contributed by atoms with Crippen molar-refractivity contribution in [1.29, 1.82) is 0 Å². The SMILES string of the molecule is Cc1ccc(S(=O)(=O)N(C)c2ccc(C(=O)NCCOc3ccccc3C)cc2)cc1. The van der Waals surface area contributed by atoms with Gasteiger partial charge >= 0.3 is 0 Å². The molecule has 162 valence electrons. The number of rotatable bonds is 8. The molecule has 0 unspecified atom stereocenters. The Morgan fingerprint density at radius 2 is 1.58 bits per heavy atom. The molecule has 0 aromatic heterocycles. The minimum Gasteiger partial charge on any atom is -0.491 e. The van der Waals surface area contributed by atoms with E-state index in [-0.39, 0.29) is 10.8 Å². The van der Waals surface area contributed by atoms with Crippen LogP contribution in [-0.4, -0.2) is 34.5 Å². The Bertz CT molecular complexity index is 1140. The van der Waals surface area contributed by atoms with Crippen LogP contribution in [0.3, 0.4) is 0 Å². The van der Waals surface area contributed by atoms with E-state index >= 15 is 0 Å². The first-order chi connectivity index (χ1) is 14.8. The van der Waals surface area contributed by atoms with E-state index in [1.807, 2.05) is 38.1 Å². The van der Waals surface area contributed by atoms with Gasteiger partial charge in [0.05, 0.1) is 17.1 Å². The number of para-hydroxylation sites is 1. The Morgan fingerprint density at radius 3 is 2.23 bits per heavy atom. The highest BCUT2D eigenvalue weighted by molar-refractivity contribution is 7.92. The molecule has 1 N–H and O–H groups in total. The average molecular weight is 439 g/mol. The van der Waals surface area contributed by atoms with Crippen LogP contribution in [0.15, 0.2) is 77.7 Å². The van der Waals surface area contributed by atoms with E-state index in [0.717, 1.165) is 16.9 Å². The van der Waals surface area contributed by atoms with Crippen LogP contribution in [0.4, 0.5) is 5.69 Å². The molecule has 0 atom stereocenters. The van der Waals surface area contributed by atoms with E-state index in [1.165, 1.54) is 11.4 Å². The van der Waals surface area contributed by atoms with Gasteiger partial charge in [0.2, 0.25) is 0 Å². The molecule has 0 aliphatic heterocycles. The standard InChI is InChI=1S/C24H26N2O4S/c1-18-8-14-22(15-9-18)31(28,29)26(3)21-12-10-20(11-13-21)24(27)25-16-17-30-23-7-5-4-6-19(23)2/h4-15H,16-17H2,1-3H3,(H,25,27). The Labute approximate surface area is 183 Å². The number of amides is 1. The summed E-state index contributed by atoms with van der Waals surface area (Å²) in [5, 5.41) is 2.80. The lowest BCUT2D eigenvalue weighted by Gasteiger charge is -2.20. The van der Waals surface area contributed by atoms with Crippen LogP contribution in [0, 0.1) is 13.8 Å². The Balaban J connectivity index is 1.58. The molecular formula is C24H26N2O4S. The van der Waals surface area contributed by atoms with Gasteiger partial charge in [0, 0.05) is 12.6 Å². The monoisotopic (exact) mass is 438 g/mol. The van der Waals surface area contributed by atoms with Crippen molar-refractivity contribution in [3.8, 4) is 5.75 Å². The summed E-state index contributed by atoms with van der Waals surface area (Å²) in [6.45, 7) is 4.58. The highest BCUT2D eigenvalue weighted by Gasteiger charge is 2.21. The van der Waals surface area contributed by atoms with Gasteiger partial charge < -0.3 is 10.1 Å². The van der Waals surface area contributed by atoms with E-state index in [2.05, 4.69) is 5.32 Å². The molecular weight excluding hydrogens is 412 g/mol. The van der Waals surface area contributed by atoms with Crippen molar-refractivity contribution in [3.63, 3.8) is 0 Å². The second kappa shape index (κ2) is 9.66. The molecule has 0 fully saturated rings. The van der Waals surface area contributed by atoms with E-state index in [1.54, 1.807) is 48.5 Å². The zero-order valence-corrected chi connectivity index (χ0v) is 18.6. The maximum atomic E-state index is 12.8. The minimum absolute atomic E-state index is 0.219. The molecule has 0 heterocycles. The maximum absolute atomic E-state index is 12.8. The van der Waals surface area contributed by atoms with Crippen molar-refractivity contribution in [2.24, 2.45) is 0 Å². The number of hydrogen-bond donors (Lipinski definition) is 1. The topological polar surface area (TPSA) is 75.7 Å². The molecule has 6 nitrogen and oxygen atoms in total.